The van der Waals surface area contributed by atoms with Gasteiger partial charge in [-0.2, -0.15) is 9.97 Å². The minimum atomic E-state index is -0.254. The van der Waals surface area contributed by atoms with E-state index in [2.05, 4.69) is 15.2 Å². The van der Waals surface area contributed by atoms with Crippen molar-refractivity contribution in [2.24, 2.45) is 0 Å². The van der Waals surface area contributed by atoms with Crippen molar-refractivity contribution in [3.8, 4) is 0 Å². The normalized spacial score (nSPS) is 19.5. The third-order valence-electron chi connectivity index (χ3n) is 5.40. The van der Waals surface area contributed by atoms with E-state index in [4.69, 9.17) is 10.7 Å². The largest absolute Gasteiger partial charge is 0.383 e. The lowest BCUT2D eigenvalue weighted by Gasteiger charge is -2.32. The summed E-state index contributed by atoms with van der Waals surface area (Å²) < 4.78 is 0. The first-order valence-electron chi connectivity index (χ1n) is 9.52. The fraction of sp³-hybridized carbons (Fsp3) is 0.381. The monoisotopic (exact) mass is 363 g/mol. The number of rotatable bonds is 3. The van der Waals surface area contributed by atoms with Crippen LogP contribution in [0.2, 0.25) is 0 Å². The zero-order valence-electron chi connectivity index (χ0n) is 15.8. The number of aromatic nitrogens is 2. The molecule has 0 aliphatic carbocycles. The molecule has 2 aliphatic heterocycles. The highest BCUT2D eigenvalue weighted by Gasteiger charge is 2.34. The Morgan fingerprint density at radius 2 is 1.85 bits per heavy atom. The Morgan fingerprint density at radius 3 is 2.52 bits per heavy atom. The van der Waals surface area contributed by atoms with Crippen molar-refractivity contribution >= 4 is 23.4 Å². The molecule has 6 nitrogen and oxygen atoms in total. The average molecular weight is 363 g/mol. The van der Waals surface area contributed by atoms with Crippen LogP contribution in [0.25, 0.3) is 0 Å². The lowest BCUT2D eigenvalue weighted by molar-refractivity contribution is -0.113. The van der Waals surface area contributed by atoms with E-state index in [1.807, 2.05) is 37.3 Å². The topological polar surface area (TPSA) is 84.1 Å². The molecule has 3 N–H and O–H groups in total. The van der Waals surface area contributed by atoms with Crippen molar-refractivity contribution in [1.29, 1.82) is 0 Å². The second-order valence-electron chi connectivity index (χ2n) is 7.28. The summed E-state index contributed by atoms with van der Waals surface area (Å²) in [6.07, 6.45) is 3.54. The molecule has 4 rings (SSSR count). The van der Waals surface area contributed by atoms with Gasteiger partial charge in [-0.1, -0.05) is 30.3 Å². The summed E-state index contributed by atoms with van der Waals surface area (Å²) >= 11 is 0. The summed E-state index contributed by atoms with van der Waals surface area (Å²) in [5, 5.41) is 3.31. The van der Waals surface area contributed by atoms with Gasteiger partial charge in [-0.15, -0.1) is 0 Å². The Hall–Kier alpha value is -2.89. The molecule has 1 saturated heterocycles. The van der Waals surface area contributed by atoms with Crippen molar-refractivity contribution in [2.45, 2.75) is 39.0 Å². The number of allylic oxidation sites excluding steroid dienone is 2. The summed E-state index contributed by atoms with van der Waals surface area (Å²) in [5.74, 6) is 1.59. The maximum Gasteiger partial charge on any atom is 0.229 e. The molecule has 0 radical (unpaired) electrons. The Kier molecular flexibility index (Phi) is 4.56. The Balaban J connectivity index is 1.86. The number of benzene rings is 1. The molecule has 1 atom stereocenters. The van der Waals surface area contributed by atoms with Gasteiger partial charge in [-0.05, 0) is 38.7 Å². The third-order valence-corrected chi connectivity index (χ3v) is 5.40. The Labute approximate surface area is 159 Å². The van der Waals surface area contributed by atoms with Crippen LogP contribution in [0.5, 0.6) is 0 Å². The fourth-order valence-corrected chi connectivity index (χ4v) is 4.14. The lowest BCUT2D eigenvalue weighted by atomic mass is 9.80. The number of nitrogens with two attached hydrogens (primary N) is 1. The van der Waals surface area contributed by atoms with E-state index < -0.39 is 0 Å². The summed E-state index contributed by atoms with van der Waals surface area (Å²) in [5.41, 5.74) is 9.78. The van der Waals surface area contributed by atoms with E-state index in [0.717, 1.165) is 48.3 Å². The molecular formula is C21H25N5O. The van der Waals surface area contributed by atoms with Crippen molar-refractivity contribution in [3.05, 3.63) is 52.7 Å². The van der Waals surface area contributed by atoms with Gasteiger partial charge in [-0.3, -0.25) is 4.79 Å². The highest BCUT2D eigenvalue weighted by atomic mass is 16.1. The fourth-order valence-electron chi connectivity index (χ4n) is 4.14. The molecule has 27 heavy (non-hydrogen) atoms. The second-order valence-corrected chi connectivity index (χ2v) is 7.28. The highest BCUT2D eigenvalue weighted by molar-refractivity contribution is 5.98. The van der Waals surface area contributed by atoms with Gasteiger partial charge in [-0.25, -0.2) is 0 Å². The maximum atomic E-state index is 12.4. The molecule has 3 heterocycles. The van der Waals surface area contributed by atoms with E-state index in [1.54, 1.807) is 6.92 Å². The van der Waals surface area contributed by atoms with E-state index in [0.29, 0.717) is 17.6 Å². The number of nitrogens with zero attached hydrogens (tertiary/aromatic N) is 3. The van der Waals surface area contributed by atoms with Gasteiger partial charge in [0.15, 0.2) is 5.78 Å². The average Bonchev–Trinajstić information content (AvgIpc) is 2.67. The first-order chi connectivity index (χ1) is 13.1. The number of hydrogen-bond donors (Lipinski definition) is 2. The number of piperidine rings is 1. The van der Waals surface area contributed by atoms with Crippen LogP contribution in [-0.4, -0.2) is 28.8 Å². The number of Topliss-reactive ketones (excluding diaryl/α,β-unsaturated/α-hetero) is 1. The van der Waals surface area contributed by atoms with E-state index in [9.17, 15) is 4.79 Å². The number of hydrogen-bond acceptors (Lipinski definition) is 6. The van der Waals surface area contributed by atoms with Gasteiger partial charge in [0, 0.05) is 35.8 Å². The Bertz CT molecular complexity index is 900. The number of nitrogen functional groups attached to an aromatic ring is 1. The molecule has 2 aliphatic rings. The number of fused-ring (bicyclic) bond motifs is 1. The Morgan fingerprint density at radius 1 is 1.15 bits per heavy atom. The zero-order chi connectivity index (χ0) is 19.0. The maximum absolute atomic E-state index is 12.4. The quantitative estimate of drug-likeness (QED) is 0.869. The van der Waals surface area contributed by atoms with Gasteiger partial charge in [0.05, 0.1) is 0 Å². The van der Waals surface area contributed by atoms with Crippen LogP contribution < -0.4 is 16.0 Å². The smallest absolute Gasteiger partial charge is 0.229 e. The molecule has 1 fully saturated rings. The van der Waals surface area contributed by atoms with Crippen LogP contribution in [0.1, 0.15) is 50.2 Å². The molecule has 0 unspecified atom stereocenters. The predicted octanol–water partition coefficient (Wildman–Crippen LogP) is 3.47. The third kappa shape index (κ3) is 3.16. The number of carbonyl (C=O) groups excluding carboxylic acids is 1. The van der Waals surface area contributed by atoms with Crippen LogP contribution in [0.3, 0.4) is 0 Å². The number of anilines is 3. The zero-order valence-corrected chi connectivity index (χ0v) is 15.8. The minimum absolute atomic E-state index is 0.0269. The lowest BCUT2D eigenvalue weighted by Crippen LogP contribution is -2.32. The van der Waals surface area contributed by atoms with E-state index in [1.165, 1.54) is 6.42 Å². The number of nitrogens with one attached hydrogen (secondary N) is 1. The van der Waals surface area contributed by atoms with Crippen molar-refractivity contribution in [2.75, 3.05) is 29.0 Å². The number of ketones is 1. The van der Waals surface area contributed by atoms with Crippen LogP contribution in [0.15, 0.2) is 41.6 Å². The number of carbonyl (C=O) groups is 1. The van der Waals surface area contributed by atoms with Crippen LogP contribution in [0.4, 0.5) is 17.6 Å². The van der Waals surface area contributed by atoms with Gasteiger partial charge in [0.2, 0.25) is 5.95 Å². The SMILES string of the molecule is CC(=O)C1=C(C)Nc2nc(N3CCCCC3)nc(N)c2[C@H]1c1ccccc1. The highest BCUT2D eigenvalue weighted by Crippen LogP contribution is 2.44. The van der Waals surface area contributed by atoms with Crippen molar-refractivity contribution < 1.29 is 4.79 Å². The summed E-state index contributed by atoms with van der Waals surface area (Å²) in [4.78, 5) is 24.1. The summed E-state index contributed by atoms with van der Waals surface area (Å²) in [6.45, 7) is 5.43. The molecule has 1 aromatic heterocycles. The molecule has 0 saturated carbocycles. The first kappa shape index (κ1) is 17.5. The summed E-state index contributed by atoms with van der Waals surface area (Å²) in [7, 11) is 0. The molecule has 140 valence electrons. The van der Waals surface area contributed by atoms with Crippen molar-refractivity contribution in [1.82, 2.24) is 9.97 Å². The van der Waals surface area contributed by atoms with Crippen LogP contribution in [0, 0.1) is 0 Å². The molecule has 6 heteroatoms. The molecule has 0 bridgehead atoms. The van der Waals surface area contributed by atoms with Crippen LogP contribution in [-0.2, 0) is 4.79 Å². The standard InChI is InChI=1S/C21H25N5O/c1-13-16(14(2)27)17(15-9-5-3-6-10-15)18-19(22)24-21(25-20(18)23-13)26-11-7-4-8-12-26/h3,5-6,9-10,17H,4,7-8,11-12H2,1-2H3,(H3,22,23,24,25)/t17-/m0/s1. The summed E-state index contributed by atoms with van der Waals surface area (Å²) in [6, 6.07) is 9.96. The van der Waals surface area contributed by atoms with Gasteiger partial charge >= 0.3 is 0 Å². The molecule has 0 amide bonds. The first-order valence-corrected chi connectivity index (χ1v) is 9.52. The molecule has 2 aromatic rings. The van der Waals surface area contributed by atoms with E-state index >= 15 is 0 Å². The van der Waals surface area contributed by atoms with Gasteiger partial charge in [0.25, 0.3) is 0 Å². The molecule has 0 spiro atoms. The molecular weight excluding hydrogens is 338 g/mol. The van der Waals surface area contributed by atoms with E-state index in [-0.39, 0.29) is 11.7 Å². The second kappa shape index (κ2) is 7.02. The van der Waals surface area contributed by atoms with Gasteiger partial charge < -0.3 is 16.0 Å². The van der Waals surface area contributed by atoms with Gasteiger partial charge in [0.1, 0.15) is 11.6 Å². The van der Waals surface area contributed by atoms with Crippen molar-refractivity contribution in [3.63, 3.8) is 0 Å². The predicted molar refractivity (Wildman–Crippen MR) is 108 cm³/mol. The molecule has 1 aromatic carbocycles. The minimum Gasteiger partial charge on any atom is -0.383 e. The van der Waals surface area contributed by atoms with Crippen LogP contribution >= 0.6 is 0 Å².